The predicted molar refractivity (Wildman–Crippen MR) is 62.9 cm³/mol. The van der Waals surface area contributed by atoms with Gasteiger partial charge in [0.25, 0.3) is 0 Å². The van der Waals surface area contributed by atoms with Crippen LogP contribution in [0.2, 0.25) is 0 Å². The van der Waals surface area contributed by atoms with Crippen molar-refractivity contribution in [2.45, 2.75) is 58.0 Å². The van der Waals surface area contributed by atoms with Gasteiger partial charge < -0.3 is 10.1 Å². The van der Waals surface area contributed by atoms with Crippen molar-refractivity contribution < 1.29 is 4.74 Å². The number of nitrogens with one attached hydrogen (secondary N) is 1. The zero-order chi connectivity index (χ0) is 10.7. The van der Waals surface area contributed by atoms with Crippen LogP contribution in [-0.2, 0) is 4.74 Å². The largest absolute Gasteiger partial charge is 0.381 e. The van der Waals surface area contributed by atoms with Gasteiger partial charge in [-0.25, -0.2) is 0 Å². The number of hydrogen-bond donors (Lipinski definition) is 1. The lowest BCUT2D eigenvalue weighted by molar-refractivity contribution is 0.0539. The summed E-state index contributed by atoms with van der Waals surface area (Å²) < 4.78 is 5.41. The van der Waals surface area contributed by atoms with Crippen LogP contribution in [0.3, 0.4) is 0 Å². The summed E-state index contributed by atoms with van der Waals surface area (Å²) in [5.41, 5.74) is 0. The molecule has 0 bridgehead atoms. The van der Waals surface area contributed by atoms with E-state index in [-0.39, 0.29) is 0 Å². The molecule has 2 fully saturated rings. The summed E-state index contributed by atoms with van der Waals surface area (Å²) in [4.78, 5) is 0. The van der Waals surface area contributed by atoms with Crippen molar-refractivity contribution in [3.05, 3.63) is 0 Å². The van der Waals surface area contributed by atoms with Gasteiger partial charge in [0, 0.05) is 25.3 Å². The Hall–Kier alpha value is -0.0800. The molecule has 0 aromatic heterocycles. The third-order valence-electron chi connectivity index (χ3n) is 4.08. The van der Waals surface area contributed by atoms with Crippen LogP contribution in [0.1, 0.15) is 46.0 Å². The van der Waals surface area contributed by atoms with E-state index in [1.165, 1.54) is 32.1 Å². The molecule has 1 N–H and O–H groups in total. The first-order chi connectivity index (χ1) is 7.31. The zero-order valence-corrected chi connectivity index (χ0v) is 10.2. The lowest BCUT2D eigenvalue weighted by Crippen LogP contribution is -2.43. The van der Waals surface area contributed by atoms with Gasteiger partial charge in [0.05, 0.1) is 0 Å². The van der Waals surface area contributed by atoms with Crippen LogP contribution in [0.4, 0.5) is 0 Å². The first kappa shape index (κ1) is 11.4. The minimum Gasteiger partial charge on any atom is -0.381 e. The third kappa shape index (κ3) is 3.18. The summed E-state index contributed by atoms with van der Waals surface area (Å²) >= 11 is 0. The van der Waals surface area contributed by atoms with Crippen molar-refractivity contribution in [2.75, 3.05) is 13.2 Å². The summed E-state index contributed by atoms with van der Waals surface area (Å²) in [6.07, 6.45) is 6.68. The van der Waals surface area contributed by atoms with Gasteiger partial charge in [-0.3, -0.25) is 0 Å². The van der Waals surface area contributed by atoms with Crippen molar-refractivity contribution in [1.29, 1.82) is 0 Å². The van der Waals surface area contributed by atoms with Gasteiger partial charge in [-0.1, -0.05) is 6.92 Å². The molecule has 1 aliphatic carbocycles. The molecule has 2 aliphatic rings. The van der Waals surface area contributed by atoms with Crippen molar-refractivity contribution in [1.82, 2.24) is 5.32 Å². The molecule has 0 aromatic carbocycles. The van der Waals surface area contributed by atoms with E-state index in [1.807, 2.05) is 0 Å². The minimum absolute atomic E-state index is 0.680. The Bertz CT molecular complexity index is 185. The van der Waals surface area contributed by atoms with Crippen molar-refractivity contribution in [2.24, 2.45) is 11.8 Å². The van der Waals surface area contributed by atoms with Crippen LogP contribution in [0.15, 0.2) is 0 Å². The van der Waals surface area contributed by atoms with Gasteiger partial charge in [0.2, 0.25) is 0 Å². The third-order valence-corrected chi connectivity index (χ3v) is 4.08. The highest BCUT2D eigenvalue weighted by molar-refractivity contribution is 4.88. The first-order valence-electron chi connectivity index (χ1n) is 6.65. The fraction of sp³-hybridized carbons (Fsp3) is 1.00. The van der Waals surface area contributed by atoms with Gasteiger partial charge in [0.15, 0.2) is 0 Å². The molecule has 1 saturated heterocycles. The normalized spacial score (nSPS) is 27.6. The van der Waals surface area contributed by atoms with Gasteiger partial charge in [-0.2, -0.15) is 0 Å². The molecular formula is C13H25NO. The second-order valence-electron chi connectivity index (χ2n) is 5.26. The SMILES string of the molecule is CCC(NC(C)C1CCOCC1)C1CC1. The van der Waals surface area contributed by atoms with Gasteiger partial charge >= 0.3 is 0 Å². The van der Waals surface area contributed by atoms with E-state index in [0.29, 0.717) is 6.04 Å². The molecule has 15 heavy (non-hydrogen) atoms. The van der Waals surface area contributed by atoms with Crippen molar-refractivity contribution in [3.8, 4) is 0 Å². The summed E-state index contributed by atoms with van der Waals surface area (Å²) in [6, 6.07) is 1.46. The average Bonchev–Trinajstić information content (AvgIpc) is 3.10. The highest BCUT2D eigenvalue weighted by atomic mass is 16.5. The molecular weight excluding hydrogens is 186 g/mol. The monoisotopic (exact) mass is 211 g/mol. The summed E-state index contributed by atoms with van der Waals surface area (Å²) in [5, 5.41) is 3.84. The van der Waals surface area contributed by atoms with Crippen molar-refractivity contribution >= 4 is 0 Å². The molecule has 0 radical (unpaired) electrons. The Morgan fingerprint density at radius 3 is 2.33 bits per heavy atom. The van der Waals surface area contributed by atoms with Crippen LogP contribution < -0.4 is 5.32 Å². The maximum Gasteiger partial charge on any atom is 0.0469 e. The molecule has 1 aliphatic heterocycles. The molecule has 1 saturated carbocycles. The van der Waals surface area contributed by atoms with E-state index in [2.05, 4.69) is 19.2 Å². The molecule has 0 spiro atoms. The molecule has 2 atom stereocenters. The van der Waals surface area contributed by atoms with E-state index < -0.39 is 0 Å². The highest BCUT2D eigenvalue weighted by Crippen LogP contribution is 2.34. The second kappa shape index (κ2) is 5.31. The Morgan fingerprint density at radius 1 is 1.13 bits per heavy atom. The molecule has 2 nitrogen and oxygen atoms in total. The van der Waals surface area contributed by atoms with Crippen LogP contribution in [0.25, 0.3) is 0 Å². The summed E-state index contributed by atoms with van der Waals surface area (Å²) in [5.74, 6) is 1.82. The Labute approximate surface area is 93.8 Å². The maximum atomic E-state index is 5.41. The second-order valence-corrected chi connectivity index (χ2v) is 5.26. The minimum atomic E-state index is 0.680. The lowest BCUT2D eigenvalue weighted by Gasteiger charge is -2.31. The maximum absolute atomic E-state index is 5.41. The van der Waals surface area contributed by atoms with E-state index in [1.54, 1.807) is 0 Å². The van der Waals surface area contributed by atoms with Gasteiger partial charge in [0.1, 0.15) is 0 Å². The standard InChI is InChI=1S/C13H25NO/c1-3-13(12-4-5-12)14-10(2)11-6-8-15-9-7-11/h10-14H,3-9H2,1-2H3. The summed E-state index contributed by atoms with van der Waals surface area (Å²) in [7, 11) is 0. The van der Waals surface area contributed by atoms with E-state index in [4.69, 9.17) is 4.74 Å². The van der Waals surface area contributed by atoms with Crippen LogP contribution in [0, 0.1) is 11.8 Å². The topological polar surface area (TPSA) is 21.3 Å². The first-order valence-corrected chi connectivity index (χ1v) is 6.65. The fourth-order valence-corrected chi connectivity index (χ4v) is 2.78. The number of hydrogen-bond acceptors (Lipinski definition) is 2. The molecule has 2 unspecified atom stereocenters. The average molecular weight is 211 g/mol. The number of ether oxygens (including phenoxy) is 1. The van der Waals surface area contributed by atoms with E-state index in [9.17, 15) is 0 Å². The zero-order valence-electron chi connectivity index (χ0n) is 10.2. The lowest BCUT2D eigenvalue weighted by atomic mass is 9.92. The molecule has 2 rings (SSSR count). The van der Waals surface area contributed by atoms with Crippen LogP contribution >= 0.6 is 0 Å². The summed E-state index contributed by atoms with van der Waals surface area (Å²) in [6.45, 7) is 6.61. The quantitative estimate of drug-likeness (QED) is 0.754. The van der Waals surface area contributed by atoms with Crippen molar-refractivity contribution in [3.63, 3.8) is 0 Å². The van der Waals surface area contributed by atoms with E-state index in [0.717, 1.165) is 31.1 Å². The smallest absolute Gasteiger partial charge is 0.0469 e. The molecule has 0 amide bonds. The fourth-order valence-electron chi connectivity index (χ4n) is 2.78. The van der Waals surface area contributed by atoms with E-state index >= 15 is 0 Å². The van der Waals surface area contributed by atoms with Gasteiger partial charge in [-0.05, 0) is 50.9 Å². The molecule has 1 heterocycles. The molecule has 2 heteroatoms. The van der Waals surface area contributed by atoms with Gasteiger partial charge in [-0.15, -0.1) is 0 Å². The van der Waals surface area contributed by atoms with Crippen LogP contribution in [-0.4, -0.2) is 25.3 Å². The van der Waals surface area contributed by atoms with Crippen LogP contribution in [0.5, 0.6) is 0 Å². The number of rotatable bonds is 5. The Balaban J connectivity index is 1.75. The Kier molecular flexibility index (Phi) is 4.04. The highest BCUT2D eigenvalue weighted by Gasteiger charge is 2.32. The predicted octanol–water partition coefficient (Wildman–Crippen LogP) is 2.58. The molecule has 88 valence electrons. The molecule has 0 aromatic rings. The Morgan fingerprint density at radius 2 is 1.80 bits per heavy atom.